The molecule has 114 valence electrons. The summed E-state index contributed by atoms with van der Waals surface area (Å²) in [6, 6.07) is 10.9. The molecule has 5 heteroatoms. The van der Waals surface area contributed by atoms with Gasteiger partial charge in [0.25, 0.3) is 0 Å². The summed E-state index contributed by atoms with van der Waals surface area (Å²) in [6.45, 7) is 5.36. The summed E-state index contributed by atoms with van der Waals surface area (Å²) in [5, 5.41) is 6.68. The van der Waals surface area contributed by atoms with Crippen molar-refractivity contribution in [1.82, 2.24) is 10.6 Å². The van der Waals surface area contributed by atoms with Gasteiger partial charge in [-0.25, -0.2) is 4.99 Å². The first-order valence-electron chi connectivity index (χ1n) is 7.11. The van der Waals surface area contributed by atoms with Gasteiger partial charge in [0.2, 0.25) is 0 Å². The number of benzene rings is 1. The van der Waals surface area contributed by atoms with Crippen LogP contribution in [0.25, 0.3) is 0 Å². The molecule has 1 aromatic carbocycles. The molecule has 0 aromatic heterocycles. The van der Waals surface area contributed by atoms with Gasteiger partial charge in [0.15, 0.2) is 5.96 Å². The molecule has 0 bridgehead atoms. The molecule has 0 amide bonds. The molecule has 21 heavy (non-hydrogen) atoms. The van der Waals surface area contributed by atoms with Gasteiger partial charge in [0.05, 0.1) is 0 Å². The monoisotopic (exact) mass is 398 g/mol. The third kappa shape index (κ3) is 5.46. The van der Waals surface area contributed by atoms with Crippen molar-refractivity contribution in [1.29, 1.82) is 0 Å². The van der Waals surface area contributed by atoms with E-state index in [0.29, 0.717) is 12.6 Å². The average molecular weight is 398 g/mol. The summed E-state index contributed by atoms with van der Waals surface area (Å²) in [5.74, 6) is 3.35. The van der Waals surface area contributed by atoms with Gasteiger partial charge in [-0.05, 0) is 25.5 Å². The number of para-hydroxylation sites is 1. The minimum absolute atomic E-state index is 0. The average Bonchev–Trinajstić information content (AvgIpc) is 2.94. The Labute approximate surface area is 144 Å². The maximum atomic E-state index is 5.26. The van der Waals surface area contributed by atoms with Crippen LogP contribution in [0.5, 0.6) is 0 Å². The van der Waals surface area contributed by atoms with Crippen LogP contribution in [0, 0.1) is 12.3 Å². The first-order valence-corrected chi connectivity index (χ1v) is 7.11. The number of aliphatic imine (C=N–C) groups is 1. The largest absolute Gasteiger partial charge is 0.369 e. The highest BCUT2D eigenvalue weighted by molar-refractivity contribution is 14.0. The number of anilines is 1. The van der Waals surface area contributed by atoms with E-state index >= 15 is 0 Å². The summed E-state index contributed by atoms with van der Waals surface area (Å²) in [6.07, 6.45) is 6.36. The molecule has 0 saturated carbocycles. The summed E-state index contributed by atoms with van der Waals surface area (Å²) in [7, 11) is 0. The molecular weight excluding hydrogens is 375 g/mol. The van der Waals surface area contributed by atoms with E-state index in [1.54, 1.807) is 0 Å². The molecule has 1 saturated heterocycles. The van der Waals surface area contributed by atoms with Gasteiger partial charge in [-0.15, -0.1) is 30.4 Å². The summed E-state index contributed by atoms with van der Waals surface area (Å²) < 4.78 is 0. The number of hydrogen-bond acceptors (Lipinski definition) is 2. The maximum absolute atomic E-state index is 5.26. The predicted octanol–water partition coefficient (Wildman–Crippen LogP) is 2.07. The van der Waals surface area contributed by atoms with E-state index in [0.717, 1.165) is 32.0 Å². The maximum Gasteiger partial charge on any atom is 0.192 e. The van der Waals surface area contributed by atoms with Crippen molar-refractivity contribution in [3.8, 4) is 12.3 Å². The molecule has 1 aliphatic rings. The SMILES string of the molecule is C#CCN=C(NCC)NC1CCN(c2ccccc2)C1.I. The molecule has 1 unspecified atom stereocenters. The van der Waals surface area contributed by atoms with E-state index in [2.05, 4.69) is 57.6 Å². The van der Waals surface area contributed by atoms with Gasteiger partial charge < -0.3 is 15.5 Å². The molecule has 0 aliphatic carbocycles. The smallest absolute Gasteiger partial charge is 0.192 e. The van der Waals surface area contributed by atoms with Crippen molar-refractivity contribution in [3.05, 3.63) is 30.3 Å². The van der Waals surface area contributed by atoms with Crippen LogP contribution in [0.15, 0.2) is 35.3 Å². The van der Waals surface area contributed by atoms with Crippen LogP contribution >= 0.6 is 24.0 Å². The highest BCUT2D eigenvalue weighted by Crippen LogP contribution is 2.19. The lowest BCUT2D eigenvalue weighted by Gasteiger charge is -2.20. The van der Waals surface area contributed by atoms with Crippen molar-refractivity contribution >= 4 is 35.6 Å². The van der Waals surface area contributed by atoms with E-state index in [9.17, 15) is 0 Å². The minimum Gasteiger partial charge on any atom is -0.369 e. The second kappa shape index (κ2) is 9.50. The van der Waals surface area contributed by atoms with E-state index < -0.39 is 0 Å². The summed E-state index contributed by atoms with van der Waals surface area (Å²) in [5.41, 5.74) is 1.28. The highest BCUT2D eigenvalue weighted by atomic mass is 127. The third-order valence-corrected chi connectivity index (χ3v) is 3.32. The number of halogens is 1. The summed E-state index contributed by atoms with van der Waals surface area (Å²) in [4.78, 5) is 6.72. The number of terminal acetylenes is 1. The third-order valence-electron chi connectivity index (χ3n) is 3.32. The van der Waals surface area contributed by atoms with Crippen LogP contribution in [0.2, 0.25) is 0 Å². The molecule has 2 N–H and O–H groups in total. The Morgan fingerprint density at radius 3 is 2.86 bits per heavy atom. The fourth-order valence-electron chi connectivity index (χ4n) is 2.39. The molecule has 1 aromatic rings. The number of hydrogen-bond donors (Lipinski definition) is 2. The van der Waals surface area contributed by atoms with Gasteiger partial charge in [0, 0.05) is 31.4 Å². The number of nitrogens with zero attached hydrogens (tertiary/aromatic N) is 2. The van der Waals surface area contributed by atoms with E-state index in [1.165, 1.54) is 5.69 Å². The lowest BCUT2D eigenvalue weighted by molar-refractivity contribution is 0.651. The van der Waals surface area contributed by atoms with Crippen LogP contribution < -0.4 is 15.5 Å². The number of guanidine groups is 1. The Morgan fingerprint density at radius 2 is 2.19 bits per heavy atom. The van der Waals surface area contributed by atoms with Crippen LogP contribution in [0.4, 0.5) is 5.69 Å². The minimum atomic E-state index is 0. The second-order valence-electron chi connectivity index (χ2n) is 4.81. The fraction of sp³-hybridized carbons (Fsp3) is 0.438. The molecule has 1 heterocycles. The number of rotatable bonds is 4. The van der Waals surface area contributed by atoms with Crippen molar-refractivity contribution in [3.63, 3.8) is 0 Å². The van der Waals surface area contributed by atoms with Crippen LogP contribution in [0.3, 0.4) is 0 Å². The van der Waals surface area contributed by atoms with Crippen molar-refractivity contribution in [2.24, 2.45) is 4.99 Å². The van der Waals surface area contributed by atoms with Gasteiger partial charge in [0.1, 0.15) is 6.54 Å². The molecule has 1 aliphatic heterocycles. The molecule has 4 nitrogen and oxygen atoms in total. The highest BCUT2D eigenvalue weighted by Gasteiger charge is 2.23. The Bertz CT molecular complexity index is 481. The van der Waals surface area contributed by atoms with Gasteiger partial charge >= 0.3 is 0 Å². The van der Waals surface area contributed by atoms with Crippen molar-refractivity contribution in [2.75, 3.05) is 31.1 Å². The standard InChI is InChI=1S/C16H22N4.HI/c1-3-11-18-16(17-4-2)19-14-10-12-20(13-14)15-8-6-5-7-9-15;/h1,5-9,14H,4,10-13H2,2H3,(H2,17,18,19);1H. The molecule has 1 atom stereocenters. The Morgan fingerprint density at radius 1 is 1.43 bits per heavy atom. The Balaban J connectivity index is 0.00000220. The normalized spacial score (nSPS) is 17.8. The first-order chi connectivity index (χ1) is 9.83. The lowest BCUT2D eigenvalue weighted by Crippen LogP contribution is -2.44. The van der Waals surface area contributed by atoms with Gasteiger partial charge in [-0.1, -0.05) is 24.1 Å². The van der Waals surface area contributed by atoms with Gasteiger partial charge in [-0.3, -0.25) is 0 Å². The topological polar surface area (TPSA) is 39.7 Å². The van der Waals surface area contributed by atoms with E-state index in [-0.39, 0.29) is 24.0 Å². The van der Waals surface area contributed by atoms with Gasteiger partial charge in [-0.2, -0.15) is 0 Å². The predicted molar refractivity (Wildman–Crippen MR) is 100 cm³/mol. The quantitative estimate of drug-likeness (QED) is 0.353. The molecular formula is C16H23IN4. The molecule has 0 spiro atoms. The van der Waals surface area contributed by atoms with Crippen molar-refractivity contribution in [2.45, 2.75) is 19.4 Å². The van der Waals surface area contributed by atoms with Crippen LogP contribution in [-0.4, -0.2) is 38.2 Å². The van der Waals surface area contributed by atoms with Crippen molar-refractivity contribution < 1.29 is 0 Å². The molecule has 1 fully saturated rings. The van der Waals surface area contributed by atoms with Crippen LogP contribution in [0.1, 0.15) is 13.3 Å². The second-order valence-corrected chi connectivity index (χ2v) is 4.81. The first kappa shape index (κ1) is 17.6. The van der Waals surface area contributed by atoms with Crippen LogP contribution in [-0.2, 0) is 0 Å². The van der Waals surface area contributed by atoms with E-state index in [4.69, 9.17) is 6.42 Å². The number of nitrogens with one attached hydrogen (secondary N) is 2. The molecule has 0 radical (unpaired) electrons. The Hall–Kier alpha value is -1.42. The van der Waals surface area contributed by atoms with E-state index in [1.807, 2.05) is 6.07 Å². The molecule has 2 rings (SSSR count). The zero-order valence-electron chi connectivity index (χ0n) is 12.4. The zero-order chi connectivity index (χ0) is 14.2. The Kier molecular flexibility index (Phi) is 7.98. The summed E-state index contributed by atoms with van der Waals surface area (Å²) >= 11 is 0. The fourth-order valence-corrected chi connectivity index (χ4v) is 2.39. The zero-order valence-corrected chi connectivity index (χ0v) is 14.7. The lowest BCUT2D eigenvalue weighted by atomic mass is 10.3.